The molecule has 168 valence electrons. The van der Waals surface area contributed by atoms with Crippen LogP contribution in [0.15, 0.2) is 30.0 Å². The summed E-state index contributed by atoms with van der Waals surface area (Å²) in [4.78, 5) is 11.9. The molecule has 1 aromatic carbocycles. The normalized spacial score (nSPS) is 23.3. The van der Waals surface area contributed by atoms with Gasteiger partial charge in [-0.1, -0.05) is 30.7 Å². The summed E-state index contributed by atoms with van der Waals surface area (Å²) in [6.45, 7) is 3.28. The van der Waals surface area contributed by atoms with E-state index in [1.807, 2.05) is 0 Å². The molecule has 2 saturated carbocycles. The van der Waals surface area contributed by atoms with Crippen LogP contribution in [0.1, 0.15) is 76.3 Å². The highest BCUT2D eigenvalue weighted by molar-refractivity contribution is 5.83. The van der Waals surface area contributed by atoms with Crippen LogP contribution in [0.2, 0.25) is 0 Å². The van der Waals surface area contributed by atoms with Gasteiger partial charge in [0.15, 0.2) is 0 Å². The van der Waals surface area contributed by atoms with E-state index >= 15 is 0 Å². The lowest BCUT2D eigenvalue weighted by Gasteiger charge is -2.35. The fourth-order valence-corrected chi connectivity index (χ4v) is 4.95. The second-order valence-corrected chi connectivity index (χ2v) is 9.61. The molecule has 2 aliphatic carbocycles. The fraction of sp³-hybridized carbons (Fsp3) is 0.538. The molecule has 3 aliphatic rings. The molecule has 1 aromatic rings. The zero-order valence-corrected chi connectivity index (χ0v) is 18.5. The minimum absolute atomic E-state index is 0.0569. The zero-order chi connectivity index (χ0) is 23.0. The molecule has 0 aromatic heterocycles. The van der Waals surface area contributed by atoms with Crippen LogP contribution in [0.25, 0.3) is 0 Å². The van der Waals surface area contributed by atoms with Crippen molar-refractivity contribution in [2.24, 2.45) is 5.92 Å². The first kappa shape index (κ1) is 22.4. The molecule has 32 heavy (non-hydrogen) atoms. The van der Waals surface area contributed by atoms with E-state index in [0.717, 1.165) is 32.1 Å². The van der Waals surface area contributed by atoms with Crippen molar-refractivity contribution < 1.29 is 23.8 Å². The van der Waals surface area contributed by atoms with Crippen molar-refractivity contribution in [3.63, 3.8) is 0 Å². The predicted molar refractivity (Wildman–Crippen MR) is 115 cm³/mol. The lowest BCUT2D eigenvalue weighted by atomic mass is 9.65. The predicted octanol–water partition coefficient (Wildman–Crippen LogP) is 4.63. The maximum absolute atomic E-state index is 14.8. The Morgan fingerprint density at radius 3 is 2.50 bits per heavy atom. The van der Waals surface area contributed by atoms with Gasteiger partial charge in [0.25, 0.3) is 0 Å². The SMILES string of the molecule is CC1(C)OC(=O)C=C(CC(O)(C#Cc2ccc(C3(C#N)CCC3)c(F)c2)C2CCCC2)O1. The van der Waals surface area contributed by atoms with E-state index in [0.29, 0.717) is 29.7 Å². The maximum Gasteiger partial charge on any atom is 0.337 e. The number of nitriles is 1. The highest BCUT2D eigenvalue weighted by Crippen LogP contribution is 2.44. The number of rotatable bonds is 4. The monoisotopic (exact) mass is 437 g/mol. The molecule has 0 amide bonds. The first-order valence-corrected chi connectivity index (χ1v) is 11.2. The van der Waals surface area contributed by atoms with Gasteiger partial charge in [-0.25, -0.2) is 9.18 Å². The third kappa shape index (κ3) is 4.38. The van der Waals surface area contributed by atoms with Crippen molar-refractivity contribution >= 4 is 5.97 Å². The molecule has 0 radical (unpaired) electrons. The molecule has 1 atom stereocenters. The van der Waals surface area contributed by atoms with Crippen LogP contribution in [0, 0.1) is 34.9 Å². The van der Waals surface area contributed by atoms with E-state index < -0.39 is 28.6 Å². The molecule has 0 bridgehead atoms. The van der Waals surface area contributed by atoms with Crippen molar-refractivity contribution in [2.45, 2.75) is 82.0 Å². The summed E-state index contributed by atoms with van der Waals surface area (Å²) < 4.78 is 25.7. The summed E-state index contributed by atoms with van der Waals surface area (Å²) in [6.07, 6.45) is 7.22. The number of carbonyl (C=O) groups excluding carboxylic acids is 1. The van der Waals surface area contributed by atoms with Gasteiger partial charge in [-0.05, 0) is 50.2 Å². The van der Waals surface area contributed by atoms with Gasteiger partial charge in [-0.15, -0.1) is 0 Å². The number of cyclic esters (lactones) is 1. The topological polar surface area (TPSA) is 79.5 Å². The van der Waals surface area contributed by atoms with Crippen molar-refractivity contribution in [1.82, 2.24) is 0 Å². The van der Waals surface area contributed by atoms with Gasteiger partial charge in [-0.3, -0.25) is 0 Å². The number of hydrogen-bond acceptors (Lipinski definition) is 5. The highest BCUT2D eigenvalue weighted by Gasteiger charge is 2.42. The van der Waals surface area contributed by atoms with E-state index in [4.69, 9.17) is 9.47 Å². The summed E-state index contributed by atoms with van der Waals surface area (Å²) in [7, 11) is 0. The van der Waals surface area contributed by atoms with Gasteiger partial charge in [0, 0.05) is 31.4 Å². The van der Waals surface area contributed by atoms with Crippen molar-refractivity contribution in [2.75, 3.05) is 0 Å². The maximum atomic E-state index is 14.8. The van der Waals surface area contributed by atoms with E-state index in [1.165, 1.54) is 12.1 Å². The summed E-state index contributed by atoms with van der Waals surface area (Å²) in [5.74, 6) is 4.11. The quantitative estimate of drug-likeness (QED) is 0.549. The molecule has 1 heterocycles. The molecule has 0 saturated heterocycles. The molecule has 5 nitrogen and oxygen atoms in total. The molecule has 4 rings (SSSR count). The van der Waals surface area contributed by atoms with Crippen LogP contribution in [-0.4, -0.2) is 22.5 Å². The van der Waals surface area contributed by atoms with Crippen LogP contribution < -0.4 is 0 Å². The average Bonchev–Trinajstić information content (AvgIpc) is 3.21. The lowest BCUT2D eigenvalue weighted by Crippen LogP contribution is -2.40. The van der Waals surface area contributed by atoms with Crippen molar-refractivity contribution in [3.8, 4) is 17.9 Å². The second kappa shape index (κ2) is 8.26. The number of nitrogens with zero attached hydrogens (tertiary/aromatic N) is 1. The Kier molecular flexibility index (Phi) is 5.77. The molecule has 1 aliphatic heterocycles. The number of aliphatic hydroxyl groups is 1. The largest absolute Gasteiger partial charge is 0.457 e. The summed E-state index contributed by atoms with van der Waals surface area (Å²) in [5.41, 5.74) is -1.28. The number of ether oxygens (including phenoxy) is 2. The second-order valence-electron chi connectivity index (χ2n) is 9.61. The molecule has 1 unspecified atom stereocenters. The number of halogens is 1. The zero-order valence-electron chi connectivity index (χ0n) is 18.5. The molecular weight excluding hydrogens is 409 g/mol. The Hall–Kier alpha value is -2.83. The van der Waals surface area contributed by atoms with Crippen molar-refractivity contribution in [3.05, 3.63) is 47.0 Å². The van der Waals surface area contributed by atoms with E-state index in [1.54, 1.807) is 26.0 Å². The van der Waals surface area contributed by atoms with Gasteiger partial charge in [0.1, 0.15) is 17.2 Å². The smallest absolute Gasteiger partial charge is 0.337 e. The third-order valence-electron chi connectivity index (χ3n) is 6.81. The minimum atomic E-state index is -1.41. The Balaban J connectivity index is 1.61. The van der Waals surface area contributed by atoms with Gasteiger partial charge >= 0.3 is 5.97 Å². The number of benzene rings is 1. The van der Waals surface area contributed by atoms with E-state index in [-0.39, 0.29) is 12.3 Å². The fourth-order valence-electron chi connectivity index (χ4n) is 4.95. The average molecular weight is 438 g/mol. The van der Waals surface area contributed by atoms with Gasteiger partial charge in [0.2, 0.25) is 5.79 Å². The van der Waals surface area contributed by atoms with Crippen LogP contribution in [0.4, 0.5) is 4.39 Å². The lowest BCUT2D eigenvalue weighted by molar-refractivity contribution is -0.207. The van der Waals surface area contributed by atoms with Gasteiger partial charge in [-0.2, -0.15) is 5.26 Å². The molecule has 0 spiro atoms. The molecule has 1 N–H and O–H groups in total. The molecule has 2 fully saturated rings. The Morgan fingerprint density at radius 1 is 1.22 bits per heavy atom. The van der Waals surface area contributed by atoms with Crippen LogP contribution >= 0.6 is 0 Å². The van der Waals surface area contributed by atoms with Crippen LogP contribution in [0.3, 0.4) is 0 Å². The Bertz CT molecular complexity index is 1050. The molecular formula is C26H28FNO4. The van der Waals surface area contributed by atoms with Crippen LogP contribution in [0.5, 0.6) is 0 Å². The number of hydrogen-bond donors (Lipinski definition) is 1. The minimum Gasteiger partial charge on any atom is -0.457 e. The van der Waals surface area contributed by atoms with Crippen LogP contribution in [-0.2, 0) is 19.7 Å². The number of esters is 1. The van der Waals surface area contributed by atoms with E-state index in [9.17, 15) is 19.6 Å². The van der Waals surface area contributed by atoms with Gasteiger partial charge < -0.3 is 14.6 Å². The van der Waals surface area contributed by atoms with Crippen molar-refractivity contribution in [1.29, 1.82) is 5.26 Å². The van der Waals surface area contributed by atoms with E-state index in [2.05, 4.69) is 17.9 Å². The first-order chi connectivity index (χ1) is 15.1. The summed E-state index contributed by atoms with van der Waals surface area (Å²) in [6, 6.07) is 6.95. The summed E-state index contributed by atoms with van der Waals surface area (Å²) in [5, 5.41) is 21.0. The highest BCUT2D eigenvalue weighted by atomic mass is 19.1. The summed E-state index contributed by atoms with van der Waals surface area (Å²) >= 11 is 0. The molecule has 6 heteroatoms. The Morgan fingerprint density at radius 2 is 1.94 bits per heavy atom. The third-order valence-corrected chi connectivity index (χ3v) is 6.81. The standard InChI is InChI=1S/C26H28FNO4/c1-24(2)31-20(15-23(29)32-24)16-26(30,19-6-3-4-7-19)13-10-18-8-9-21(22(27)14-18)25(17-28)11-5-12-25/h8-9,14-15,19,30H,3-7,11-12,16H2,1-2H3. The first-order valence-electron chi connectivity index (χ1n) is 11.2. The number of carbonyl (C=O) groups is 1. The Labute approximate surface area is 188 Å². The van der Waals surface area contributed by atoms with Gasteiger partial charge in [0.05, 0.1) is 17.6 Å².